The summed E-state index contributed by atoms with van der Waals surface area (Å²) in [4.78, 5) is 29.4. The lowest BCUT2D eigenvalue weighted by atomic mass is 10.2. The number of esters is 1. The molecule has 154 valence electrons. The molecule has 3 heterocycles. The van der Waals surface area contributed by atoms with E-state index in [0.29, 0.717) is 52.1 Å². The number of fused-ring (bicyclic) bond motifs is 3. The minimum atomic E-state index is -0.462. The molecule has 0 radical (unpaired) electrons. The van der Waals surface area contributed by atoms with E-state index in [9.17, 15) is 9.59 Å². The summed E-state index contributed by atoms with van der Waals surface area (Å²) in [5, 5.41) is 0. The second-order valence-corrected chi connectivity index (χ2v) is 7.50. The normalized spacial score (nSPS) is 14.8. The Morgan fingerprint density at radius 3 is 2.57 bits per heavy atom. The quantitative estimate of drug-likeness (QED) is 0.590. The fourth-order valence-corrected chi connectivity index (χ4v) is 4.26. The first kappa shape index (κ1) is 18.5. The average molecular weight is 428 g/mol. The van der Waals surface area contributed by atoms with Crippen molar-refractivity contribution < 1.29 is 33.3 Å². The topological polar surface area (TPSA) is 97.6 Å². The summed E-state index contributed by atoms with van der Waals surface area (Å²) in [6.45, 7) is 0.934. The maximum absolute atomic E-state index is 12.8. The van der Waals surface area contributed by atoms with Crippen LogP contribution in [0.5, 0.6) is 23.0 Å². The number of aromatic nitrogens is 1. The van der Waals surface area contributed by atoms with Gasteiger partial charge in [-0.15, -0.1) is 0 Å². The SMILES string of the molecule is COC(=O)Cn1c(=NC(=O)c2ccc3c(c2)OCO3)sc2cc3c(cc21)OCCO3. The third kappa shape index (κ3) is 3.24. The van der Waals surface area contributed by atoms with Crippen LogP contribution in [0.2, 0.25) is 0 Å². The monoisotopic (exact) mass is 428 g/mol. The number of nitrogens with zero attached hydrogens (tertiary/aromatic N) is 2. The molecule has 0 unspecified atom stereocenters. The second kappa shape index (κ2) is 7.38. The highest BCUT2D eigenvalue weighted by atomic mass is 32.1. The van der Waals surface area contributed by atoms with Crippen molar-refractivity contribution in [2.75, 3.05) is 27.1 Å². The van der Waals surface area contributed by atoms with Crippen LogP contribution >= 0.6 is 11.3 Å². The molecule has 9 nitrogen and oxygen atoms in total. The van der Waals surface area contributed by atoms with E-state index in [1.54, 1.807) is 28.8 Å². The lowest BCUT2D eigenvalue weighted by Crippen LogP contribution is -2.22. The molecule has 0 fully saturated rings. The summed E-state index contributed by atoms with van der Waals surface area (Å²) in [7, 11) is 1.31. The van der Waals surface area contributed by atoms with Crippen LogP contribution in [0.3, 0.4) is 0 Å². The highest BCUT2D eigenvalue weighted by Crippen LogP contribution is 2.36. The van der Waals surface area contributed by atoms with Gasteiger partial charge in [0.2, 0.25) is 6.79 Å². The van der Waals surface area contributed by atoms with Gasteiger partial charge >= 0.3 is 5.97 Å². The molecule has 0 atom stereocenters. The largest absolute Gasteiger partial charge is 0.486 e. The van der Waals surface area contributed by atoms with Gasteiger partial charge in [0.1, 0.15) is 19.8 Å². The van der Waals surface area contributed by atoms with Gasteiger partial charge in [0.05, 0.1) is 17.3 Å². The van der Waals surface area contributed by atoms with Crippen molar-refractivity contribution in [3.63, 3.8) is 0 Å². The molecular formula is C20H16N2O7S. The first-order chi connectivity index (χ1) is 14.6. The Kier molecular flexibility index (Phi) is 4.55. The van der Waals surface area contributed by atoms with E-state index in [1.165, 1.54) is 18.4 Å². The Hall–Kier alpha value is -3.53. The van der Waals surface area contributed by atoms with E-state index in [4.69, 9.17) is 23.7 Å². The average Bonchev–Trinajstić information content (AvgIpc) is 3.36. The van der Waals surface area contributed by atoms with Crippen molar-refractivity contribution in [1.29, 1.82) is 0 Å². The van der Waals surface area contributed by atoms with Crippen LogP contribution < -0.4 is 23.7 Å². The van der Waals surface area contributed by atoms with Crippen LogP contribution in [-0.2, 0) is 16.1 Å². The van der Waals surface area contributed by atoms with Crippen LogP contribution in [0.4, 0.5) is 0 Å². The highest BCUT2D eigenvalue weighted by Gasteiger charge is 2.20. The number of ether oxygens (including phenoxy) is 5. The fourth-order valence-electron chi connectivity index (χ4n) is 3.22. The van der Waals surface area contributed by atoms with Crippen LogP contribution in [0.1, 0.15) is 10.4 Å². The van der Waals surface area contributed by atoms with Crippen molar-refractivity contribution >= 4 is 33.4 Å². The summed E-state index contributed by atoms with van der Waals surface area (Å²) in [6, 6.07) is 8.49. The van der Waals surface area contributed by atoms with E-state index in [2.05, 4.69) is 4.99 Å². The Morgan fingerprint density at radius 1 is 1.03 bits per heavy atom. The van der Waals surface area contributed by atoms with Crippen molar-refractivity contribution in [2.24, 2.45) is 4.99 Å². The maximum atomic E-state index is 12.8. The Morgan fingerprint density at radius 2 is 1.77 bits per heavy atom. The maximum Gasteiger partial charge on any atom is 0.325 e. The molecule has 30 heavy (non-hydrogen) atoms. The molecule has 2 aromatic carbocycles. The minimum absolute atomic E-state index is 0.0939. The molecule has 0 N–H and O–H groups in total. The number of carbonyl (C=O) groups is 2. The number of benzene rings is 2. The molecule has 2 aliphatic heterocycles. The van der Waals surface area contributed by atoms with Crippen molar-refractivity contribution in [3.8, 4) is 23.0 Å². The van der Waals surface area contributed by atoms with Gasteiger partial charge in [0.15, 0.2) is 27.8 Å². The first-order valence-electron chi connectivity index (χ1n) is 9.11. The van der Waals surface area contributed by atoms with Crippen LogP contribution in [0.25, 0.3) is 10.2 Å². The number of hydrogen-bond acceptors (Lipinski definition) is 8. The number of hydrogen-bond donors (Lipinski definition) is 0. The van der Waals surface area contributed by atoms with Gasteiger partial charge in [-0.05, 0) is 18.2 Å². The Labute approximate surface area is 174 Å². The van der Waals surface area contributed by atoms with Gasteiger partial charge < -0.3 is 28.3 Å². The summed E-state index contributed by atoms with van der Waals surface area (Å²) < 4.78 is 29.1. The number of carbonyl (C=O) groups excluding carboxylic acids is 2. The number of methoxy groups -OCH3 is 1. The molecule has 10 heteroatoms. The fraction of sp³-hybridized carbons (Fsp3) is 0.250. The molecule has 5 rings (SSSR count). The molecule has 0 saturated carbocycles. The lowest BCUT2D eigenvalue weighted by Gasteiger charge is -2.18. The number of amides is 1. The number of thiazole rings is 1. The van der Waals surface area contributed by atoms with Crippen LogP contribution in [0, 0.1) is 0 Å². The van der Waals surface area contributed by atoms with E-state index < -0.39 is 11.9 Å². The molecule has 0 spiro atoms. The van der Waals surface area contributed by atoms with Gasteiger partial charge in [-0.2, -0.15) is 4.99 Å². The second-order valence-electron chi connectivity index (χ2n) is 6.50. The van der Waals surface area contributed by atoms with Crippen molar-refractivity contribution in [3.05, 3.63) is 40.7 Å². The molecule has 2 aliphatic rings. The van der Waals surface area contributed by atoms with E-state index in [0.717, 1.165) is 4.70 Å². The zero-order chi connectivity index (χ0) is 20.7. The first-order valence-corrected chi connectivity index (χ1v) is 9.92. The highest BCUT2D eigenvalue weighted by molar-refractivity contribution is 7.16. The minimum Gasteiger partial charge on any atom is -0.486 e. The molecule has 1 amide bonds. The summed E-state index contributed by atoms with van der Waals surface area (Å²) in [5.74, 6) is 1.36. The van der Waals surface area contributed by atoms with Crippen molar-refractivity contribution in [1.82, 2.24) is 4.57 Å². The molecule has 1 aromatic heterocycles. The zero-order valence-electron chi connectivity index (χ0n) is 15.9. The number of rotatable bonds is 3. The third-order valence-electron chi connectivity index (χ3n) is 4.68. The van der Waals surface area contributed by atoms with Crippen LogP contribution in [0.15, 0.2) is 35.3 Å². The van der Waals surface area contributed by atoms with Gasteiger partial charge in [-0.25, -0.2) is 0 Å². The Balaban J connectivity index is 1.62. The van der Waals surface area contributed by atoms with Gasteiger partial charge in [0, 0.05) is 17.7 Å². The third-order valence-corrected chi connectivity index (χ3v) is 5.72. The standard InChI is InChI=1S/C20H16N2O7S/c1-25-18(23)9-22-12-7-15-16(27-5-4-26-15)8-17(12)30-20(22)21-19(24)11-2-3-13-14(6-11)29-10-28-13/h2-3,6-8H,4-5,9-10H2,1H3. The molecule has 0 aliphatic carbocycles. The zero-order valence-corrected chi connectivity index (χ0v) is 16.7. The van der Waals surface area contributed by atoms with Gasteiger partial charge in [-0.3, -0.25) is 9.59 Å². The predicted octanol–water partition coefficient (Wildman–Crippen LogP) is 2.12. The summed E-state index contributed by atoms with van der Waals surface area (Å²) >= 11 is 1.27. The smallest absolute Gasteiger partial charge is 0.325 e. The molecule has 0 bridgehead atoms. The van der Waals surface area contributed by atoms with Crippen molar-refractivity contribution in [2.45, 2.75) is 6.54 Å². The summed E-state index contributed by atoms with van der Waals surface area (Å²) in [5.41, 5.74) is 1.05. The molecule has 3 aromatic rings. The molecular weight excluding hydrogens is 412 g/mol. The van der Waals surface area contributed by atoms with Crippen LogP contribution in [-0.4, -0.2) is 43.6 Å². The Bertz CT molecular complexity index is 1240. The summed E-state index contributed by atoms with van der Waals surface area (Å²) in [6.07, 6.45) is 0. The predicted molar refractivity (Wildman–Crippen MR) is 105 cm³/mol. The van der Waals surface area contributed by atoms with E-state index in [-0.39, 0.29) is 13.3 Å². The molecule has 0 saturated heterocycles. The van der Waals surface area contributed by atoms with Gasteiger partial charge in [0.25, 0.3) is 5.91 Å². The van der Waals surface area contributed by atoms with E-state index >= 15 is 0 Å². The lowest BCUT2D eigenvalue weighted by molar-refractivity contribution is -0.141. The van der Waals surface area contributed by atoms with Gasteiger partial charge in [-0.1, -0.05) is 11.3 Å². The van der Waals surface area contributed by atoms with E-state index in [1.807, 2.05) is 6.07 Å².